The molecule has 0 amide bonds. The van der Waals surface area contributed by atoms with Crippen molar-refractivity contribution in [1.29, 1.82) is 0 Å². The lowest BCUT2D eigenvalue weighted by molar-refractivity contribution is 1.00. The number of nitrogens with zero attached hydrogens (tertiary/aromatic N) is 1. The fourth-order valence-corrected chi connectivity index (χ4v) is 2.70. The van der Waals surface area contributed by atoms with Gasteiger partial charge in [-0.1, -0.05) is 48.5 Å². The number of benzene rings is 2. The van der Waals surface area contributed by atoms with Gasteiger partial charge in [-0.05, 0) is 24.3 Å². The van der Waals surface area contributed by atoms with E-state index in [0.29, 0.717) is 0 Å². The molecule has 0 atom stereocenters. The van der Waals surface area contributed by atoms with E-state index in [1.165, 1.54) is 5.39 Å². The molecule has 0 radical (unpaired) electrons. The van der Waals surface area contributed by atoms with Crippen LogP contribution in [-0.4, -0.2) is 11.2 Å². The van der Waals surface area contributed by atoms with E-state index in [-0.39, 0.29) is 0 Å². The molecule has 0 aliphatic carbocycles. The Hall–Kier alpha value is -3.07. The van der Waals surface area contributed by atoms with E-state index in [2.05, 4.69) is 58.0 Å². The Morgan fingerprint density at radius 1 is 0.864 bits per heavy atom. The summed E-state index contributed by atoms with van der Waals surface area (Å²) < 4.78 is 0. The molecule has 1 aromatic heterocycles. The molecule has 22 heavy (non-hydrogen) atoms. The monoisotopic (exact) mass is 285 g/mol. The number of aromatic nitrogens is 1. The zero-order chi connectivity index (χ0) is 14.8. The highest BCUT2D eigenvalue weighted by atomic mass is 15.3. The van der Waals surface area contributed by atoms with Gasteiger partial charge >= 0.3 is 0 Å². The van der Waals surface area contributed by atoms with Crippen molar-refractivity contribution in [2.45, 2.75) is 0 Å². The maximum absolute atomic E-state index is 4.22. The Morgan fingerprint density at radius 2 is 1.68 bits per heavy atom. The molecule has 0 saturated carbocycles. The Bertz CT molecular complexity index is 866. The normalized spacial score (nSPS) is 14.2. The highest BCUT2D eigenvalue weighted by molar-refractivity contribution is 5.99. The van der Waals surface area contributed by atoms with Gasteiger partial charge in [0.2, 0.25) is 0 Å². The summed E-state index contributed by atoms with van der Waals surface area (Å²) in [6.07, 6.45) is 5.79. The third-order valence-corrected chi connectivity index (χ3v) is 3.75. The highest BCUT2D eigenvalue weighted by Crippen LogP contribution is 2.28. The van der Waals surface area contributed by atoms with Gasteiger partial charge in [0.1, 0.15) is 0 Å². The SMILES string of the molecule is C1=CC(c2cc3ccccc3[nH]2)=C(c2ccccc2)NN=C1. The van der Waals surface area contributed by atoms with Crippen molar-refractivity contribution < 1.29 is 0 Å². The average Bonchev–Trinajstić information content (AvgIpc) is 2.85. The minimum atomic E-state index is 0.997. The first-order valence-corrected chi connectivity index (χ1v) is 7.25. The highest BCUT2D eigenvalue weighted by Gasteiger charge is 2.12. The number of nitrogens with one attached hydrogen (secondary N) is 2. The maximum Gasteiger partial charge on any atom is 0.0727 e. The molecule has 0 spiro atoms. The molecule has 3 heteroatoms. The first-order valence-electron chi connectivity index (χ1n) is 7.25. The summed E-state index contributed by atoms with van der Waals surface area (Å²) in [6, 6.07) is 20.7. The number of rotatable bonds is 2. The zero-order valence-corrected chi connectivity index (χ0v) is 12.0. The Balaban J connectivity index is 1.93. The van der Waals surface area contributed by atoms with Crippen molar-refractivity contribution in [3.63, 3.8) is 0 Å². The van der Waals surface area contributed by atoms with E-state index in [0.717, 1.165) is 28.0 Å². The van der Waals surface area contributed by atoms with Gasteiger partial charge in [0.15, 0.2) is 0 Å². The van der Waals surface area contributed by atoms with E-state index in [1.54, 1.807) is 6.21 Å². The minimum absolute atomic E-state index is 0.997. The van der Waals surface area contributed by atoms with Crippen LogP contribution in [0.1, 0.15) is 11.3 Å². The summed E-state index contributed by atoms with van der Waals surface area (Å²) in [6.45, 7) is 0. The molecule has 2 aromatic carbocycles. The maximum atomic E-state index is 4.22. The standard InChI is InChI=1S/C19H15N3/c1-2-7-14(8-3-1)19-16(10-6-12-20-22-19)18-13-15-9-4-5-11-17(15)21-18/h1-13,21-22H. The van der Waals surface area contributed by atoms with Crippen LogP contribution in [-0.2, 0) is 0 Å². The number of fused-ring (bicyclic) bond motifs is 1. The molecule has 1 aliphatic heterocycles. The Labute approximate surface area is 128 Å². The number of aromatic amines is 1. The molecule has 1 aliphatic rings. The third-order valence-electron chi connectivity index (χ3n) is 3.75. The van der Waals surface area contributed by atoms with Crippen molar-refractivity contribution >= 4 is 28.4 Å². The first kappa shape index (κ1) is 12.7. The molecule has 0 bridgehead atoms. The second-order valence-corrected chi connectivity index (χ2v) is 5.17. The summed E-state index contributed by atoms with van der Waals surface area (Å²) in [4.78, 5) is 3.49. The molecule has 4 rings (SSSR count). The Kier molecular flexibility index (Phi) is 3.09. The molecule has 2 heterocycles. The molecule has 3 nitrogen and oxygen atoms in total. The summed E-state index contributed by atoms with van der Waals surface area (Å²) >= 11 is 0. The topological polar surface area (TPSA) is 40.2 Å². The third kappa shape index (κ3) is 2.23. The van der Waals surface area contributed by atoms with Gasteiger partial charge in [-0.2, -0.15) is 5.10 Å². The van der Waals surface area contributed by atoms with Crippen LogP contribution in [0.2, 0.25) is 0 Å². The summed E-state index contributed by atoms with van der Waals surface area (Å²) in [5, 5.41) is 5.43. The molecular formula is C19H15N3. The summed E-state index contributed by atoms with van der Waals surface area (Å²) in [5.74, 6) is 0. The van der Waals surface area contributed by atoms with Gasteiger partial charge in [0, 0.05) is 33.9 Å². The fraction of sp³-hybridized carbons (Fsp3) is 0. The van der Waals surface area contributed by atoms with Crippen LogP contribution in [0.25, 0.3) is 22.2 Å². The van der Waals surface area contributed by atoms with E-state index in [4.69, 9.17) is 0 Å². The zero-order valence-electron chi connectivity index (χ0n) is 12.0. The smallest absolute Gasteiger partial charge is 0.0727 e. The fourth-order valence-electron chi connectivity index (χ4n) is 2.70. The molecule has 106 valence electrons. The van der Waals surface area contributed by atoms with Gasteiger partial charge < -0.3 is 4.98 Å². The van der Waals surface area contributed by atoms with E-state index >= 15 is 0 Å². The van der Waals surface area contributed by atoms with Crippen molar-refractivity contribution in [2.24, 2.45) is 5.10 Å². The van der Waals surface area contributed by atoms with Crippen LogP contribution in [0, 0.1) is 0 Å². The van der Waals surface area contributed by atoms with Crippen molar-refractivity contribution in [1.82, 2.24) is 10.4 Å². The van der Waals surface area contributed by atoms with Gasteiger partial charge in [-0.3, -0.25) is 5.43 Å². The van der Waals surface area contributed by atoms with Crippen LogP contribution >= 0.6 is 0 Å². The minimum Gasteiger partial charge on any atom is -0.354 e. The van der Waals surface area contributed by atoms with E-state index in [9.17, 15) is 0 Å². The van der Waals surface area contributed by atoms with Gasteiger partial charge in [-0.15, -0.1) is 0 Å². The number of hydrogen-bond donors (Lipinski definition) is 2. The average molecular weight is 285 g/mol. The van der Waals surface area contributed by atoms with Crippen LogP contribution in [0.5, 0.6) is 0 Å². The number of para-hydroxylation sites is 1. The largest absolute Gasteiger partial charge is 0.354 e. The number of H-pyrrole nitrogens is 1. The lowest BCUT2D eigenvalue weighted by Crippen LogP contribution is -2.05. The van der Waals surface area contributed by atoms with Gasteiger partial charge in [0.05, 0.1) is 5.70 Å². The predicted molar refractivity (Wildman–Crippen MR) is 92.3 cm³/mol. The van der Waals surface area contributed by atoms with Crippen molar-refractivity contribution in [3.05, 3.63) is 84.1 Å². The lowest BCUT2D eigenvalue weighted by atomic mass is 10.0. The van der Waals surface area contributed by atoms with Crippen LogP contribution < -0.4 is 5.43 Å². The number of hydrogen-bond acceptors (Lipinski definition) is 2. The van der Waals surface area contributed by atoms with E-state index < -0.39 is 0 Å². The molecule has 0 unspecified atom stereocenters. The Morgan fingerprint density at radius 3 is 2.55 bits per heavy atom. The molecular weight excluding hydrogens is 270 g/mol. The van der Waals surface area contributed by atoms with E-state index in [1.807, 2.05) is 30.3 Å². The molecule has 2 N–H and O–H groups in total. The first-order chi connectivity index (χ1) is 10.9. The predicted octanol–water partition coefficient (Wildman–Crippen LogP) is 4.18. The van der Waals surface area contributed by atoms with Crippen LogP contribution in [0.4, 0.5) is 0 Å². The van der Waals surface area contributed by atoms with Crippen molar-refractivity contribution in [2.75, 3.05) is 0 Å². The summed E-state index contributed by atoms with van der Waals surface area (Å²) in [5.41, 5.74) is 8.58. The van der Waals surface area contributed by atoms with Crippen molar-refractivity contribution in [3.8, 4) is 0 Å². The second-order valence-electron chi connectivity index (χ2n) is 5.17. The molecule has 3 aromatic rings. The van der Waals surface area contributed by atoms with Crippen LogP contribution in [0.15, 0.2) is 77.9 Å². The quantitative estimate of drug-likeness (QED) is 0.728. The molecule has 0 fully saturated rings. The second kappa shape index (κ2) is 5.37. The summed E-state index contributed by atoms with van der Waals surface area (Å²) in [7, 11) is 0. The lowest BCUT2D eigenvalue weighted by Gasteiger charge is -2.10. The molecule has 0 saturated heterocycles. The van der Waals surface area contributed by atoms with Gasteiger partial charge in [0.25, 0.3) is 0 Å². The number of hydrazone groups is 1. The number of allylic oxidation sites excluding steroid dienone is 3. The van der Waals surface area contributed by atoms with Crippen LogP contribution in [0.3, 0.4) is 0 Å². The van der Waals surface area contributed by atoms with Gasteiger partial charge in [-0.25, -0.2) is 0 Å².